The van der Waals surface area contributed by atoms with Gasteiger partial charge in [0.25, 0.3) is 0 Å². The summed E-state index contributed by atoms with van der Waals surface area (Å²) in [6.45, 7) is -10.2. The highest BCUT2D eigenvalue weighted by molar-refractivity contribution is 5.73. The first-order valence-corrected chi connectivity index (χ1v) is 36.2. The van der Waals surface area contributed by atoms with Crippen LogP contribution in [-0.2, 0) is 94.8 Å². The maximum Gasteiger partial charge on any atom is 0.217 e. The maximum absolute atomic E-state index is 12.6. The minimum Gasteiger partial charge on any atom is -0.394 e. The van der Waals surface area contributed by atoms with Gasteiger partial charge < -0.3 is 254 Å². The number of amides is 1. The van der Waals surface area contributed by atoms with E-state index in [0.29, 0.717) is 0 Å². The smallest absolute Gasteiger partial charge is 0.217 e. The SMILES string of the molecule is CC(=O)N[C@H]1C(O)O[C@H](CO)[C@@H](O[C@@H]2O[C@H](CO[C@H]3O[C@H](CO[C@H]4O[C@H](CO)[C@@H](O)[C@H](O)[C@@H]4O)[C@@H](O)[C@H](O[C@H]4O[C@H](CO)[C@@H](O)[C@H](O)[C@@H]4O[C@H]4O[C@H](CO)[C@@H](O)[C@H](O)[C@@H]4O)[C@@H]3O)[C@@H](O)[C@H](O[C@H]3O[C@H](CO)[C@@H](O)[C@H](O)[C@@H]3O[C@H]3O[C@H](CO)[C@@H](O)[C@H](O)[C@@H]3O[C@H]3O[C@H](CO)[C@@H](O)[C@H](O[C@H]4O[C@H](CO)[C@@H](O)[C@H](O)[C@H]4O)[C@@H]3O)[C@@H]2O)[C@@H]1O. The zero-order valence-corrected chi connectivity index (χ0v) is 60.0. The van der Waals surface area contributed by atoms with Crippen LogP contribution in [0.15, 0.2) is 0 Å². The minimum atomic E-state index is -2.58. The standard InChI is InChI=1S/C62H105NO51/c1-12(72)63-23-33(82)46(20(9-71)98-53(23)95)108-59-45(94)49(111-61-52(39(88)29(78)17(6-68)104-61)114-62-51(38(87)28(77)18(7-69)105-62)113-58-44(93)47(30(79)19(8-70)102-58)109-56-41(90)35(84)25(74)14(3-65)100-56)32(81)22(107-59)11-97-55-43(92)48(31(80)21(106-55)10-96-54-40(89)34(83)24(73)13(2-64)99-54)110-60-50(37(86)27(76)16(5-67)103-60)112-57-42(91)36(85)26(75)15(4-66)101-57/h13-62,64-71,73-95H,2-11H2,1H3,(H,63,72)/t13-,14-,15-,16-,17-,18-,19-,20-,21-,22-,23-,24-,25-,26-,27-,28-,29-,30-,31-,32-,33-,34+,35+,36+,37+,38+,39+,40+,41-,42+,43+,44+,45+,46-,47+,48+,49+,50+,51+,52+,53?,54+,55+,56-,57-,58-,59+,60-,61-,62-/m1/s1. The topological polar surface area (TPSA) is 832 Å². The summed E-state index contributed by atoms with van der Waals surface area (Å²) in [5.41, 5.74) is 0. The Hall–Kier alpha value is -2.53. The highest BCUT2D eigenvalue weighted by Crippen LogP contribution is 2.41. The number of carbonyl (C=O) groups is 1. The van der Waals surface area contributed by atoms with Crippen LogP contribution in [0.5, 0.6) is 0 Å². The summed E-state index contributed by atoms with van der Waals surface area (Å²) in [5, 5.41) is 344. The molecule has 1 unspecified atom stereocenters. The first kappa shape index (κ1) is 93.7. The van der Waals surface area contributed by atoms with Crippen molar-refractivity contribution in [1.82, 2.24) is 5.32 Å². The van der Waals surface area contributed by atoms with Crippen molar-refractivity contribution in [3.8, 4) is 0 Å². The van der Waals surface area contributed by atoms with E-state index in [9.17, 15) is 163 Å². The third-order valence-corrected chi connectivity index (χ3v) is 21.3. The van der Waals surface area contributed by atoms with Gasteiger partial charge in [-0.1, -0.05) is 0 Å². The van der Waals surface area contributed by atoms with Crippen LogP contribution in [0.4, 0.5) is 0 Å². The Morgan fingerprint density at radius 3 is 0.798 bits per heavy atom. The lowest BCUT2D eigenvalue weighted by Gasteiger charge is -2.51. The molecule has 10 saturated heterocycles. The van der Waals surface area contributed by atoms with Gasteiger partial charge in [-0.3, -0.25) is 4.79 Å². The summed E-state index contributed by atoms with van der Waals surface area (Å²) in [7, 11) is 0. The van der Waals surface area contributed by atoms with Gasteiger partial charge in [0.1, 0.15) is 244 Å². The lowest BCUT2D eigenvalue weighted by Crippen LogP contribution is -2.69. The molecule has 10 heterocycles. The second kappa shape index (κ2) is 40.6. The van der Waals surface area contributed by atoms with Gasteiger partial charge in [0.2, 0.25) is 5.91 Å². The monoisotopic (exact) mass is 1680 g/mol. The second-order valence-electron chi connectivity index (χ2n) is 28.8. The van der Waals surface area contributed by atoms with E-state index >= 15 is 0 Å². The van der Waals surface area contributed by atoms with Gasteiger partial charge >= 0.3 is 0 Å². The predicted molar refractivity (Wildman–Crippen MR) is 341 cm³/mol. The van der Waals surface area contributed by atoms with Crippen LogP contribution in [0.1, 0.15) is 6.92 Å². The Morgan fingerprint density at radius 2 is 0.456 bits per heavy atom. The fourth-order valence-electron chi connectivity index (χ4n) is 14.6. The third kappa shape index (κ3) is 19.7. The fourth-order valence-corrected chi connectivity index (χ4v) is 14.6. The predicted octanol–water partition coefficient (Wildman–Crippen LogP) is -22.7. The molecule has 10 aliphatic rings. The Kier molecular flexibility index (Phi) is 33.4. The largest absolute Gasteiger partial charge is 0.394 e. The van der Waals surface area contributed by atoms with Crippen molar-refractivity contribution in [3.63, 3.8) is 0 Å². The summed E-state index contributed by atoms with van der Waals surface area (Å²) in [6, 6.07) is -1.81. The van der Waals surface area contributed by atoms with Crippen molar-refractivity contribution in [2.24, 2.45) is 0 Å². The fraction of sp³-hybridized carbons (Fsp3) is 0.984. The Balaban J connectivity index is 0.973. The van der Waals surface area contributed by atoms with E-state index in [1.807, 2.05) is 0 Å². The summed E-state index contributed by atoms with van der Waals surface area (Å²) in [4.78, 5) is 12.4. The quantitative estimate of drug-likeness (QED) is 0.0331. The van der Waals surface area contributed by atoms with E-state index in [1.165, 1.54) is 0 Å². The molecule has 0 aromatic heterocycles. The van der Waals surface area contributed by atoms with E-state index < -0.39 is 379 Å². The summed E-state index contributed by atoms with van der Waals surface area (Å²) in [6.07, 6.45) is -106. The van der Waals surface area contributed by atoms with E-state index in [-0.39, 0.29) is 0 Å². The molecule has 0 radical (unpaired) electrons. The van der Waals surface area contributed by atoms with Crippen molar-refractivity contribution < 1.29 is 253 Å². The van der Waals surface area contributed by atoms with Crippen molar-refractivity contribution in [3.05, 3.63) is 0 Å². The van der Waals surface area contributed by atoms with Crippen LogP contribution in [0.3, 0.4) is 0 Å². The van der Waals surface area contributed by atoms with Gasteiger partial charge in [-0.2, -0.15) is 0 Å². The molecule has 52 heteroatoms. The zero-order valence-electron chi connectivity index (χ0n) is 60.0. The number of rotatable bonds is 29. The molecule has 32 N–H and O–H groups in total. The van der Waals surface area contributed by atoms with Crippen LogP contribution in [0.25, 0.3) is 0 Å². The molecule has 114 heavy (non-hydrogen) atoms. The summed E-state index contributed by atoms with van der Waals surface area (Å²) < 4.78 is 110. The van der Waals surface area contributed by atoms with Gasteiger partial charge in [-0.15, -0.1) is 0 Å². The normalized spacial score (nSPS) is 52.6. The average Bonchev–Trinajstić information content (AvgIpc) is 0.763. The van der Waals surface area contributed by atoms with Gasteiger partial charge in [0, 0.05) is 6.92 Å². The molecule has 50 atom stereocenters. The number of carbonyl (C=O) groups excluding carboxylic acids is 1. The Labute approximate surface area is 642 Å². The highest BCUT2D eigenvalue weighted by atomic mass is 16.8. The number of aliphatic hydroxyl groups excluding tert-OH is 31. The van der Waals surface area contributed by atoms with Crippen molar-refractivity contribution in [2.75, 3.05) is 66.1 Å². The molecular formula is C62H105NO51. The van der Waals surface area contributed by atoms with Crippen LogP contribution in [0.2, 0.25) is 0 Å². The van der Waals surface area contributed by atoms with Crippen molar-refractivity contribution >= 4 is 5.91 Å². The second-order valence-corrected chi connectivity index (χ2v) is 28.8. The first-order valence-electron chi connectivity index (χ1n) is 36.2. The van der Waals surface area contributed by atoms with Crippen LogP contribution in [0, 0.1) is 0 Å². The number of aliphatic hydroxyl groups is 31. The average molecular weight is 1680 g/mol. The number of ether oxygens (including phenoxy) is 19. The van der Waals surface area contributed by atoms with Gasteiger partial charge in [0.05, 0.1) is 66.1 Å². The van der Waals surface area contributed by atoms with E-state index in [4.69, 9.17) is 90.0 Å². The van der Waals surface area contributed by atoms with Crippen molar-refractivity contribution in [2.45, 2.75) is 314 Å². The van der Waals surface area contributed by atoms with E-state index in [0.717, 1.165) is 6.92 Å². The molecule has 1 amide bonds. The zero-order chi connectivity index (χ0) is 83.7. The summed E-state index contributed by atoms with van der Waals surface area (Å²) >= 11 is 0. The van der Waals surface area contributed by atoms with Crippen LogP contribution in [-0.4, -0.2) is 537 Å². The summed E-state index contributed by atoms with van der Waals surface area (Å²) in [5.74, 6) is -0.880. The first-order chi connectivity index (χ1) is 54.0. The molecule has 10 fully saturated rings. The van der Waals surface area contributed by atoms with E-state index in [2.05, 4.69) is 5.32 Å². The van der Waals surface area contributed by atoms with Gasteiger partial charge in [0.15, 0.2) is 62.9 Å². The van der Waals surface area contributed by atoms with Crippen LogP contribution < -0.4 is 5.32 Å². The molecule has 0 aromatic carbocycles. The molecule has 664 valence electrons. The maximum atomic E-state index is 12.6. The lowest BCUT2D eigenvalue weighted by atomic mass is 9.94. The molecular weight excluding hydrogens is 1570 g/mol. The number of nitrogens with one attached hydrogen (secondary N) is 1. The molecule has 0 saturated carbocycles. The molecule has 0 spiro atoms. The molecule has 0 aromatic rings. The number of hydrogen-bond acceptors (Lipinski definition) is 51. The molecule has 10 aliphatic heterocycles. The Bertz CT molecular complexity index is 2920. The lowest BCUT2D eigenvalue weighted by molar-refractivity contribution is -0.411. The molecule has 10 rings (SSSR count). The van der Waals surface area contributed by atoms with E-state index in [1.54, 1.807) is 0 Å². The Morgan fingerprint density at radius 1 is 0.228 bits per heavy atom. The van der Waals surface area contributed by atoms with Gasteiger partial charge in [-0.25, -0.2) is 0 Å². The molecule has 52 nitrogen and oxygen atoms in total. The molecule has 0 bridgehead atoms. The minimum absolute atomic E-state index is 0.880. The number of hydrogen-bond donors (Lipinski definition) is 32. The van der Waals surface area contributed by atoms with Crippen LogP contribution >= 0.6 is 0 Å². The van der Waals surface area contributed by atoms with Gasteiger partial charge in [-0.05, 0) is 0 Å². The van der Waals surface area contributed by atoms with Crippen molar-refractivity contribution in [1.29, 1.82) is 0 Å². The molecule has 0 aliphatic carbocycles. The highest BCUT2D eigenvalue weighted by Gasteiger charge is 2.61. The third-order valence-electron chi connectivity index (χ3n) is 21.3.